The molecule has 0 bridgehead atoms. The lowest BCUT2D eigenvalue weighted by Crippen LogP contribution is -2.52. The van der Waals surface area contributed by atoms with Gasteiger partial charge in [0.05, 0.1) is 13.0 Å². The van der Waals surface area contributed by atoms with Gasteiger partial charge in [0.1, 0.15) is 0 Å². The zero-order valence-corrected chi connectivity index (χ0v) is 16.0. The lowest BCUT2D eigenvalue weighted by atomic mass is 10.1. The van der Waals surface area contributed by atoms with Crippen molar-refractivity contribution < 1.29 is 9.59 Å². The number of hydrogen-bond acceptors (Lipinski definition) is 5. The van der Waals surface area contributed by atoms with Gasteiger partial charge in [-0.2, -0.15) is 0 Å². The van der Waals surface area contributed by atoms with Crippen LogP contribution in [0.4, 0.5) is 5.95 Å². The van der Waals surface area contributed by atoms with E-state index in [0.717, 1.165) is 11.1 Å². The molecule has 0 atom stereocenters. The van der Waals surface area contributed by atoms with Crippen molar-refractivity contribution in [3.63, 3.8) is 0 Å². The molecule has 2 amide bonds. The van der Waals surface area contributed by atoms with E-state index in [1.165, 1.54) is 5.56 Å². The fraction of sp³-hybridized carbons (Fsp3) is 0.400. The van der Waals surface area contributed by atoms with Crippen molar-refractivity contribution in [2.45, 2.75) is 33.7 Å². The Kier molecular flexibility index (Phi) is 5.39. The molecule has 0 saturated carbocycles. The van der Waals surface area contributed by atoms with E-state index >= 15 is 0 Å². The Hall–Kier alpha value is -2.96. The van der Waals surface area contributed by atoms with Gasteiger partial charge in [0.15, 0.2) is 0 Å². The molecule has 2 N–H and O–H groups in total. The molecular formula is C20H25N5O2. The number of carbonyl (C=O) groups excluding carboxylic acids is 2. The number of aryl methyl sites for hydroxylation is 3. The van der Waals surface area contributed by atoms with Crippen molar-refractivity contribution in [1.82, 2.24) is 19.8 Å². The maximum absolute atomic E-state index is 12.7. The number of nitrogens with zero attached hydrogens (tertiary/aromatic N) is 4. The van der Waals surface area contributed by atoms with Crippen LogP contribution in [-0.2, 0) is 22.6 Å². The Balaban J connectivity index is 1.61. The molecule has 1 aliphatic heterocycles. The van der Waals surface area contributed by atoms with Crippen LogP contribution in [0, 0.1) is 20.8 Å². The predicted octanol–water partition coefficient (Wildman–Crippen LogP) is 1.40. The first-order valence-electron chi connectivity index (χ1n) is 9.04. The van der Waals surface area contributed by atoms with Crippen LogP contribution in [0.15, 0.2) is 24.3 Å². The number of nitrogens with two attached hydrogens (primary N) is 1. The molecule has 0 spiro atoms. The molecule has 7 nitrogen and oxygen atoms in total. The minimum absolute atomic E-state index is 0.0304. The Bertz CT molecular complexity index is 840. The summed E-state index contributed by atoms with van der Waals surface area (Å²) in [6.45, 7) is 7.42. The zero-order chi connectivity index (χ0) is 19.6. The highest BCUT2D eigenvalue weighted by Crippen LogP contribution is 2.15. The molecule has 2 aromatic rings. The molecule has 0 aliphatic carbocycles. The number of rotatable bonds is 4. The van der Waals surface area contributed by atoms with Crippen molar-refractivity contribution in [3.05, 3.63) is 52.3 Å². The van der Waals surface area contributed by atoms with E-state index in [2.05, 4.69) is 9.97 Å². The average molecular weight is 367 g/mol. The minimum atomic E-state index is -0.0853. The SMILES string of the molecule is Cc1ccc(CN2CCN(C(=O)Cc3c(C)nc(N)nc3C)CC2=O)cc1. The first kappa shape index (κ1) is 18.8. The van der Waals surface area contributed by atoms with E-state index in [9.17, 15) is 9.59 Å². The van der Waals surface area contributed by atoms with Crippen LogP contribution in [0.3, 0.4) is 0 Å². The van der Waals surface area contributed by atoms with Gasteiger partial charge in [-0.1, -0.05) is 29.8 Å². The summed E-state index contributed by atoms with van der Waals surface area (Å²) in [6.07, 6.45) is 0.184. The highest BCUT2D eigenvalue weighted by atomic mass is 16.2. The summed E-state index contributed by atoms with van der Waals surface area (Å²) < 4.78 is 0. The number of nitrogen functional groups attached to an aromatic ring is 1. The second-order valence-electron chi connectivity index (χ2n) is 7.02. The number of aromatic nitrogens is 2. The van der Waals surface area contributed by atoms with Gasteiger partial charge in [-0.05, 0) is 26.3 Å². The third kappa shape index (κ3) is 4.42. The molecule has 142 valence electrons. The standard InChI is InChI=1S/C20H25N5O2/c1-13-4-6-16(7-5-13)11-24-8-9-25(12-19(24)27)18(26)10-17-14(2)22-20(21)23-15(17)3/h4-7H,8-12H2,1-3H3,(H2,21,22,23). The summed E-state index contributed by atoms with van der Waals surface area (Å²) in [5.74, 6) is 0.0937. The van der Waals surface area contributed by atoms with Crippen molar-refractivity contribution in [3.8, 4) is 0 Å². The van der Waals surface area contributed by atoms with Gasteiger partial charge in [-0.3, -0.25) is 9.59 Å². The molecule has 1 aromatic carbocycles. The lowest BCUT2D eigenvalue weighted by Gasteiger charge is -2.34. The highest BCUT2D eigenvalue weighted by molar-refractivity contribution is 5.87. The van der Waals surface area contributed by atoms with Crippen LogP contribution in [0.1, 0.15) is 28.1 Å². The number of hydrogen-bond donors (Lipinski definition) is 1. The highest BCUT2D eigenvalue weighted by Gasteiger charge is 2.27. The van der Waals surface area contributed by atoms with Crippen molar-refractivity contribution >= 4 is 17.8 Å². The average Bonchev–Trinajstić information content (AvgIpc) is 2.61. The van der Waals surface area contributed by atoms with E-state index in [0.29, 0.717) is 31.0 Å². The van der Waals surface area contributed by atoms with Crippen molar-refractivity contribution in [2.75, 3.05) is 25.4 Å². The Morgan fingerprint density at radius 3 is 2.30 bits per heavy atom. The molecule has 0 unspecified atom stereocenters. The van der Waals surface area contributed by atoms with Gasteiger partial charge in [0.25, 0.3) is 0 Å². The molecule has 1 fully saturated rings. The van der Waals surface area contributed by atoms with Crippen LogP contribution in [0.25, 0.3) is 0 Å². The maximum Gasteiger partial charge on any atom is 0.242 e. The molecule has 2 heterocycles. The molecule has 27 heavy (non-hydrogen) atoms. The number of carbonyl (C=O) groups is 2. The van der Waals surface area contributed by atoms with Gasteiger partial charge in [-0.25, -0.2) is 9.97 Å². The fourth-order valence-electron chi connectivity index (χ4n) is 3.29. The number of amides is 2. The van der Waals surface area contributed by atoms with Gasteiger partial charge in [-0.15, -0.1) is 0 Å². The Morgan fingerprint density at radius 1 is 1.07 bits per heavy atom. The Labute approximate surface area is 159 Å². The smallest absolute Gasteiger partial charge is 0.242 e. The van der Waals surface area contributed by atoms with Crippen LogP contribution in [-0.4, -0.2) is 51.2 Å². The van der Waals surface area contributed by atoms with Crippen LogP contribution in [0.5, 0.6) is 0 Å². The summed E-state index contributed by atoms with van der Waals surface area (Å²) in [4.78, 5) is 36.9. The lowest BCUT2D eigenvalue weighted by molar-refractivity contribution is -0.145. The fourth-order valence-corrected chi connectivity index (χ4v) is 3.29. The predicted molar refractivity (Wildman–Crippen MR) is 103 cm³/mol. The van der Waals surface area contributed by atoms with E-state index in [4.69, 9.17) is 5.73 Å². The molecular weight excluding hydrogens is 342 g/mol. The quantitative estimate of drug-likeness (QED) is 0.882. The second kappa shape index (κ2) is 7.73. The van der Waals surface area contributed by atoms with E-state index in [1.807, 2.05) is 45.0 Å². The normalized spacial score (nSPS) is 14.6. The molecule has 7 heteroatoms. The largest absolute Gasteiger partial charge is 0.368 e. The molecule has 1 aromatic heterocycles. The van der Waals surface area contributed by atoms with Crippen LogP contribution in [0.2, 0.25) is 0 Å². The minimum Gasteiger partial charge on any atom is -0.368 e. The molecule has 0 radical (unpaired) electrons. The first-order chi connectivity index (χ1) is 12.8. The Morgan fingerprint density at radius 2 is 1.70 bits per heavy atom. The summed E-state index contributed by atoms with van der Waals surface area (Å²) in [7, 11) is 0. The van der Waals surface area contributed by atoms with Crippen molar-refractivity contribution in [2.24, 2.45) is 0 Å². The third-order valence-electron chi connectivity index (χ3n) is 4.93. The second-order valence-corrected chi connectivity index (χ2v) is 7.02. The molecule has 1 saturated heterocycles. The topological polar surface area (TPSA) is 92.4 Å². The van der Waals surface area contributed by atoms with Gasteiger partial charge < -0.3 is 15.5 Å². The number of piperazine rings is 1. The van der Waals surface area contributed by atoms with E-state index in [-0.39, 0.29) is 30.7 Å². The molecule has 1 aliphatic rings. The van der Waals surface area contributed by atoms with Crippen LogP contribution < -0.4 is 5.73 Å². The monoisotopic (exact) mass is 367 g/mol. The summed E-state index contributed by atoms with van der Waals surface area (Å²) in [6, 6.07) is 8.15. The van der Waals surface area contributed by atoms with Gasteiger partial charge in [0.2, 0.25) is 17.8 Å². The third-order valence-corrected chi connectivity index (χ3v) is 4.93. The summed E-state index contributed by atoms with van der Waals surface area (Å²) in [5, 5.41) is 0. The number of anilines is 1. The zero-order valence-electron chi connectivity index (χ0n) is 16.0. The maximum atomic E-state index is 12.7. The van der Waals surface area contributed by atoms with Gasteiger partial charge >= 0.3 is 0 Å². The number of benzene rings is 1. The van der Waals surface area contributed by atoms with Crippen molar-refractivity contribution in [1.29, 1.82) is 0 Å². The summed E-state index contributed by atoms with van der Waals surface area (Å²) >= 11 is 0. The first-order valence-corrected chi connectivity index (χ1v) is 9.04. The van der Waals surface area contributed by atoms with Gasteiger partial charge in [0, 0.05) is 36.6 Å². The van der Waals surface area contributed by atoms with Crippen LogP contribution >= 0.6 is 0 Å². The summed E-state index contributed by atoms with van der Waals surface area (Å²) in [5.41, 5.74) is 10.1. The van der Waals surface area contributed by atoms with E-state index in [1.54, 1.807) is 9.80 Å². The van der Waals surface area contributed by atoms with E-state index < -0.39 is 0 Å². The molecule has 3 rings (SSSR count).